The molecule has 5 nitrogen and oxygen atoms in total. The molecule has 116 valence electrons. The summed E-state index contributed by atoms with van der Waals surface area (Å²) in [5, 5.41) is 0. The zero-order valence-electron chi connectivity index (χ0n) is 13.2. The first-order valence-electron chi connectivity index (χ1n) is 7.63. The van der Waals surface area contributed by atoms with Gasteiger partial charge < -0.3 is 14.2 Å². The van der Waals surface area contributed by atoms with Gasteiger partial charge in [0.05, 0.1) is 6.54 Å². The normalized spacial score (nSPS) is 16.2. The van der Waals surface area contributed by atoms with Crippen molar-refractivity contribution in [3.63, 3.8) is 0 Å². The van der Waals surface area contributed by atoms with E-state index in [4.69, 9.17) is 4.74 Å². The topological polar surface area (TPSA) is 47.4 Å². The molecule has 22 heavy (non-hydrogen) atoms. The molecule has 0 bridgehead atoms. The van der Waals surface area contributed by atoms with E-state index in [0.717, 1.165) is 30.1 Å². The van der Waals surface area contributed by atoms with Crippen molar-refractivity contribution in [2.45, 2.75) is 39.5 Å². The SMILES string of the molecule is CCn1ccnc1CN(C)C(=O)c1ccc2c(c1)C[C@H](C)O2. The van der Waals surface area contributed by atoms with Crippen LogP contribution in [-0.4, -0.2) is 33.5 Å². The molecule has 0 saturated heterocycles. The van der Waals surface area contributed by atoms with Crippen LogP contribution in [0.5, 0.6) is 5.75 Å². The van der Waals surface area contributed by atoms with Gasteiger partial charge in [-0.3, -0.25) is 4.79 Å². The van der Waals surface area contributed by atoms with Crippen LogP contribution in [0.1, 0.15) is 35.6 Å². The number of ether oxygens (including phenoxy) is 1. The number of hydrogen-bond acceptors (Lipinski definition) is 3. The number of fused-ring (bicyclic) bond motifs is 1. The maximum Gasteiger partial charge on any atom is 0.254 e. The van der Waals surface area contributed by atoms with E-state index in [1.54, 1.807) is 11.1 Å². The van der Waals surface area contributed by atoms with Gasteiger partial charge in [-0.1, -0.05) is 0 Å². The third kappa shape index (κ3) is 2.71. The number of benzene rings is 1. The second-order valence-corrected chi connectivity index (χ2v) is 5.75. The molecule has 2 aromatic rings. The monoisotopic (exact) mass is 299 g/mol. The van der Waals surface area contributed by atoms with Crippen molar-refractivity contribution in [1.29, 1.82) is 0 Å². The Balaban J connectivity index is 1.75. The highest BCUT2D eigenvalue weighted by atomic mass is 16.5. The Kier molecular flexibility index (Phi) is 3.88. The minimum absolute atomic E-state index is 0.00741. The van der Waals surface area contributed by atoms with Crippen molar-refractivity contribution in [1.82, 2.24) is 14.5 Å². The molecule has 0 saturated carbocycles. The van der Waals surface area contributed by atoms with Gasteiger partial charge in [0.1, 0.15) is 17.7 Å². The summed E-state index contributed by atoms with van der Waals surface area (Å²) < 4.78 is 7.72. The van der Waals surface area contributed by atoms with E-state index < -0.39 is 0 Å². The van der Waals surface area contributed by atoms with Gasteiger partial charge >= 0.3 is 0 Å². The minimum Gasteiger partial charge on any atom is -0.490 e. The van der Waals surface area contributed by atoms with E-state index in [0.29, 0.717) is 12.1 Å². The van der Waals surface area contributed by atoms with Gasteiger partial charge in [0.2, 0.25) is 0 Å². The fourth-order valence-electron chi connectivity index (χ4n) is 2.84. The van der Waals surface area contributed by atoms with E-state index in [2.05, 4.69) is 11.9 Å². The molecule has 0 radical (unpaired) electrons. The van der Waals surface area contributed by atoms with Gasteiger partial charge in [-0.25, -0.2) is 4.98 Å². The number of imidazole rings is 1. The maximum atomic E-state index is 12.6. The number of rotatable bonds is 4. The Labute approximate surface area is 130 Å². The van der Waals surface area contributed by atoms with Gasteiger partial charge in [0, 0.05) is 38.0 Å². The number of hydrogen-bond donors (Lipinski definition) is 0. The van der Waals surface area contributed by atoms with Gasteiger partial charge in [-0.05, 0) is 37.6 Å². The van der Waals surface area contributed by atoms with Gasteiger partial charge in [0.25, 0.3) is 5.91 Å². The molecular weight excluding hydrogens is 278 g/mol. The Hall–Kier alpha value is -2.30. The van der Waals surface area contributed by atoms with Crippen molar-refractivity contribution in [3.05, 3.63) is 47.5 Å². The highest BCUT2D eigenvalue weighted by Crippen LogP contribution is 2.29. The number of nitrogens with zero attached hydrogens (tertiary/aromatic N) is 3. The smallest absolute Gasteiger partial charge is 0.254 e. The summed E-state index contributed by atoms with van der Waals surface area (Å²) in [5.41, 5.74) is 1.82. The Morgan fingerprint density at radius 1 is 1.50 bits per heavy atom. The first kappa shape index (κ1) is 14.6. The lowest BCUT2D eigenvalue weighted by Gasteiger charge is -2.18. The fourth-order valence-corrected chi connectivity index (χ4v) is 2.84. The summed E-state index contributed by atoms with van der Waals surface area (Å²) >= 11 is 0. The van der Waals surface area contributed by atoms with Crippen LogP contribution in [-0.2, 0) is 19.5 Å². The summed E-state index contributed by atoms with van der Waals surface area (Å²) in [4.78, 5) is 18.6. The van der Waals surface area contributed by atoms with Crippen LogP contribution < -0.4 is 4.74 Å². The molecule has 3 rings (SSSR count). The highest BCUT2D eigenvalue weighted by Gasteiger charge is 2.21. The van der Waals surface area contributed by atoms with Crippen LogP contribution in [0.3, 0.4) is 0 Å². The molecule has 0 unspecified atom stereocenters. The van der Waals surface area contributed by atoms with Crippen LogP contribution in [0.15, 0.2) is 30.6 Å². The number of carbonyl (C=O) groups excluding carboxylic acids is 1. The molecule has 0 aliphatic carbocycles. The van der Waals surface area contributed by atoms with Crippen molar-refractivity contribution in [2.24, 2.45) is 0 Å². The van der Waals surface area contributed by atoms with Gasteiger partial charge in [-0.15, -0.1) is 0 Å². The van der Waals surface area contributed by atoms with E-state index in [1.165, 1.54) is 0 Å². The first-order chi connectivity index (χ1) is 10.6. The van der Waals surface area contributed by atoms with E-state index in [-0.39, 0.29) is 12.0 Å². The largest absolute Gasteiger partial charge is 0.490 e. The minimum atomic E-state index is 0.00741. The van der Waals surface area contributed by atoms with E-state index in [1.807, 2.05) is 42.9 Å². The van der Waals surface area contributed by atoms with Crippen molar-refractivity contribution >= 4 is 5.91 Å². The van der Waals surface area contributed by atoms with Crippen molar-refractivity contribution < 1.29 is 9.53 Å². The molecule has 1 amide bonds. The molecule has 0 spiro atoms. The van der Waals surface area contributed by atoms with Crippen molar-refractivity contribution in [2.75, 3.05) is 7.05 Å². The van der Waals surface area contributed by atoms with Gasteiger partial charge in [-0.2, -0.15) is 0 Å². The summed E-state index contributed by atoms with van der Waals surface area (Å²) in [6.07, 6.45) is 4.75. The Bertz CT molecular complexity index is 693. The van der Waals surface area contributed by atoms with E-state index >= 15 is 0 Å². The van der Waals surface area contributed by atoms with Crippen molar-refractivity contribution in [3.8, 4) is 5.75 Å². The summed E-state index contributed by atoms with van der Waals surface area (Å²) in [7, 11) is 1.81. The quantitative estimate of drug-likeness (QED) is 0.871. The maximum absolute atomic E-state index is 12.6. The van der Waals surface area contributed by atoms with Crippen LogP contribution >= 0.6 is 0 Å². The molecule has 1 aliphatic rings. The lowest BCUT2D eigenvalue weighted by molar-refractivity contribution is 0.0780. The van der Waals surface area contributed by atoms with Crippen LogP contribution in [0.2, 0.25) is 0 Å². The third-order valence-electron chi connectivity index (χ3n) is 4.01. The molecule has 0 fully saturated rings. The molecule has 5 heteroatoms. The van der Waals surface area contributed by atoms with Crippen LogP contribution in [0.4, 0.5) is 0 Å². The van der Waals surface area contributed by atoms with E-state index in [9.17, 15) is 4.79 Å². The molecule has 0 N–H and O–H groups in total. The summed E-state index contributed by atoms with van der Waals surface area (Å²) in [6, 6.07) is 5.68. The summed E-state index contributed by atoms with van der Waals surface area (Å²) in [5.74, 6) is 1.80. The molecule has 1 atom stereocenters. The molecular formula is C17H21N3O2. The number of carbonyl (C=O) groups is 1. The second-order valence-electron chi connectivity index (χ2n) is 5.75. The number of amides is 1. The van der Waals surface area contributed by atoms with Crippen LogP contribution in [0.25, 0.3) is 0 Å². The molecule has 2 heterocycles. The number of aromatic nitrogens is 2. The Morgan fingerprint density at radius 3 is 3.09 bits per heavy atom. The zero-order valence-corrected chi connectivity index (χ0v) is 13.2. The predicted molar refractivity (Wildman–Crippen MR) is 83.9 cm³/mol. The molecule has 1 aromatic carbocycles. The zero-order chi connectivity index (χ0) is 15.7. The summed E-state index contributed by atoms with van der Waals surface area (Å²) in [6.45, 7) is 5.46. The third-order valence-corrected chi connectivity index (χ3v) is 4.01. The Morgan fingerprint density at radius 2 is 2.32 bits per heavy atom. The highest BCUT2D eigenvalue weighted by molar-refractivity contribution is 5.94. The standard InChI is InChI=1S/C17H21N3O2/c1-4-20-8-7-18-16(20)11-19(3)17(21)13-5-6-15-14(10-13)9-12(2)22-15/h5-8,10,12H,4,9,11H2,1-3H3/t12-/m0/s1. The lowest BCUT2D eigenvalue weighted by Crippen LogP contribution is -2.27. The number of aryl methyl sites for hydroxylation is 1. The second kappa shape index (κ2) is 5.83. The molecule has 1 aliphatic heterocycles. The predicted octanol–water partition coefficient (Wildman–Crippen LogP) is 2.50. The fraction of sp³-hybridized carbons (Fsp3) is 0.412. The van der Waals surface area contributed by atoms with Gasteiger partial charge in [0.15, 0.2) is 0 Å². The molecule has 1 aromatic heterocycles. The first-order valence-corrected chi connectivity index (χ1v) is 7.63. The average Bonchev–Trinajstić information content (AvgIpc) is 3.10. The average molecular weight is 299 g/mol. The lowest BCUT2D eigenvalue weighted by atomic mass is 10.1. The van der Waals surface area contributed by atoms with Crippen LogP contribution in [0, 0.1) is 0 Å².